The van der Waals surface area contributed by atoms with Crippen LogP contribution in [0.5, 0.6) is 0 Å². The van der Waals surface area contributed by atoms with E-state index in [-0.39, 0.29) is 11.9 Å². The maximum atomic E-state index is 13.0. The van der Waals surface area contributed by atoms with Crippen molar-refractivity contribution in [1.29, 1.82) is 0 Å². The fourth-order valence-electron chi connectivity index (χ4n) is 3.97. The summed E-state index contributed by atoms with van der Waals surface area (Å²) in [6.07, 6.45) is 5.68. The highest BCUT2D eigenvalue weighted by Crippen LogP contribution is 2.28. The van der Waals surface area contributed by atoms with E-state index in [9.17, 15) is 13.2 Å². The molecule has 1 aliphatic rings. The number of aryl methyl sites for hydroxylation is 3. The van der Waals surface area contributed by atoms with Crippen molar-refractivity contribution in [3.05, 3.63) is 63.7 Å². The first kappa shape index (κ1) is 22.6. The van der Waals surface area contributed by atoms with E-state index >= 15 is 0 Å². The van der Waals surface area contributed by atoms with Crippen LogP contribution in [0.1, 0.15) is 55.0 Å². The second-order valence-electron chi connectivity index (χ2n) is 8.13. The van der Waals surface area contributed by atoms with Crippen LogP contribution in [-0.4, -0.2) is 26.6 Å². The Kier molecular flexibility index (Phi) is 6.78. The van der Waals surface area contributed by atoms with Crippen molar-refractivity contribution in [2.45, 2.75) is 58.5 Å². The molecule has 2 atom stereocenters. The molecule has 1 amide bonds. The van der Waals surface area contributed by atoms with Gasteiger partial charge in [-0.3, -0.25) is 9.10 Å². The van der Waals surface area contributed by atoms with Crippen molar-refractivity contribution in [3.63, 3.8) is 0 Å². The van der Waals surface area contributed by atoms with Crippen LogP contribution in [0.15, 0.2) is 36.4 Å². The van der Waals surface area contributed by atoms with Crippen LogP contribution in [-0.2, 0) is 27.7 Å². The number of nitrogens with zero attached hydrogens (tertiary/aromatic N) is 1. The molecule has 0 saturated heterocycles. The Morgan fingerprint density at radius 3 is 2.37 bits per heavy atom. The monoisotopic (exact) mass is 448 g/mol. The fraction of sp³-hybridized carbons (Fsp3) is 0.435. The number of hydrogen-bond acceptors (Lipinski definition) is 3. The van der Waals surface area contributed by atoms with E-state index < -0.39 is 16.1 Å². The molecular formula is C23H29ClN2O3S. The van der Waals surface area contributed by atoms with Crippen LogP contribution in [0.4, 0.5) is 5.69 Å². The van der Waals surface area contributed by atoms with Gasteiger partial charge in [0.1, 0.15) is 6.04 Å². The van der Waals surface area contributed by atoms with E-state index in [0.717, 1.165) is 34.5 Å². The molecular weight excluding hydrogens is 420 g/mol. The smallest absolute Gasteiger partial charge is 0.244 e. The number of fused-ring (bicyclic) bond motifs is 1. The number of sulfonamides is 1. The zero-order valence-corrected chi connectivity index (χ0v) is 19.5. The van der Waals surface area contributed by atoms with Crippen LogP contribution < -0.4 is 9.62 Å². The molecule has 30 heavy (non-hydrogen) atoms. The highest BCUT2D eigenvalue weighted by Gasteiger charge is 2.30. The molecule has 3 rings (SSSR count). The normalized spacial score (nSPS) is 15.8. The number of hydrogen-bond donors (Lipinski definition) is 1. The van der Waals surface area contributed by atoms with Crippen LogP contribution >= 0.6 is 11.6 Å². The van der Waals surface area contributed by atoms with Crippen molar-refractivity contribution in [1.82, 2.24) is 5.32 Å². The van der Waals surface area contributed by atoms with Gasteiger partial charge in [0.25, 0.3) is 0 Å². The number of halogens is 1. The molecule has 0 radical (unpaired) electrons. The Morgan fingerprint density at radius 1 is 1.07 bits per heavy atom. The van der Waals surface area contributed by atoms with Gasteiger partial charge < -0.3 is 5.32 Å². The molecule has 0 spiro atoms. The van der Waals surface area contributed by atoms with Crippen LogP contribution in [0, 0.1) is 6.92 Å². The molecule has 0 fully saturated rings. The lowest BCUT2D eigenvalue weighted by molar-refractivity contribution is -0.122. The van der Waals surface area contributed by atoms with Gasteiger partial charge in [-0.15, -0.1) is 0 Å². The van der Waals surface area contributed by atoms with Gasteiger partial charge in [-0.2, -0.15) is 0 Å². The number of anilines is 1. The van der Waals surface area contributed by atoms with E-state index in [1.54, 1.807) is 25.1 Å². The molecule has 5 nitrogen and oxygen atoms in total. The quantitative estimate of drug-likeness (QED) is 0.704. The summed E-state index contributed by atoms with van der Waals surface area (Å²) in [7, 11) is -3.69. The summed E-state index contributed by atoms with van der Waals surface area (Å²) in [6, 6.07) is 10.2. The van der Waals surface area contributed by atoms with Gasteiger partial charge >= 0.3 is 0 Å². The molecule has 7 heteroatoms. The third kappa shape index (κ3) is 4.98. The Bertz CT molecular complexity index is 1050. The lowest BCUT2D eigenvalue weighted by atomic mass is 9.89. The zero-order chi connectivity index (χ0) is 22.1. The van der Waals surface area contributed by atoms with Crippen LogP contribution in [0.25, 0.3) is 0 Å². The average molecular weight is 449 g/mol. The topological polar surface area (TPSA) is 66.5 Å². The van der Waals surface area contributed by atoms with Crippen LogP contribution in [0.2, 0.25) is 5.02 Å². The molecule has 1 N–H and O–H groups in total. The summed E-state index contributed by atoms with van der Waals surface area (Å²) in [6.45, 7) is 5.35. The molecule has 0 aromatic heterocycles. The molecule has 0 heterocycles. The Labute approximate surface area is 184 Å². The standard InChI is InChI=1S/C23H29ClN2O3S/c1-15-9-12-21(14-22(15)24)26(30(4,28)29)17(3)23(27)25-16(2)19-11-10-18-7-5-6-8-20(18)13-19/h9-14,16-17H,5-8H2,1-4H3,(H,25,27)/t16-,17+/m0/s1. The number of carbonyl (C=O) groups excluding carboxylic acids is 1. The maximum absolute atomic E-state index is 13.0. The Hall–Kier alpha value is -2.05. The Balaban J connectivity index is 1.80. The predicted octanol–water partition coefficient (Wildman–Crippen LogP) is 4.56. The SMILES string of the molecule is Cc1ccc(N([C@H](C)C(=O)N[C@@H](C)c2ccc3c(c2)CCCC3)S(C)(=O)=O)cc1Cl. The lowest BCUT2D eigenvalue weighted by Gasteiger charge is -2.29. The van der Waals surface area contributed by atoms with E-state index in [0.29, 0.717) is 10.7 Å². The van der Waals surface area contributed by atoms with Gasteiger partial charge in [0.2, 0.25) is 15.9 Å². The molecule has 1 aliphatic carbocycles. The highest BCUT2D eigenvalue weighted by molar-refractivity contribution is 7.92. The minimum Gasteiger partial charge on any atom is -0.348 e. The molecule has 162 valence electrons. The molecule has 2 aromatic carbocycles. The molecule has 2 aromatic rings. The zero-order valence-electron chi connectivity index (χ0n) is 17.9. The van der Waals surface area contributed by atoms with Gasteiger partial charge in [-0.05, 0) is 80.8 Å². The second-order valence-corrected chi connectivity index (χ2v) is 10.4. The molecule has 0 bridgehead atoms. The minimum atomic E-state index is -3.69. The number of benzene rings is 2. The van der Waals surface area contributed by atoms with E-state index in [4.69, 9.17) is 11.6 Å². The minimum absolute atomic E-state index is 0.227. The first-order valence-corrected chi connectivity index (χ1v) is 12.5. The van der Waals surface area contributed by atoms with Crippen molar-refractivity contribution >= 4 is 33.2 Å². The van der Waals surface area contributed by atoms with Gasteiger partial charge in [-0.1, -0.05) is 35.9 Å². The molecule has 0 saturated carbocycles. The van der Waals surface area contributed by atoms with Crippen LogP contribution in [0.3, 0.4) is 0 Å². The molecule has 0 unspecified atom stereocenters. The summed E-state index contributed by atoms with van der Waals surface area (Å²) >= 11 is 6.19. The van der Waals surface area contributed by atoms with Gasteiger partial charge in [-0.25, -0.2) is 8.42 Å². The number of amides is 1. The van der Waals surface area contributed by atoms with Crippen molar-refractivity contribution < 1.29 is 13.2 Å². The summed E-state index contributed by atoms with van der Waals surface area (Å²) in [5, 5.41) is 3.43. The maximum Gasteiger partial charge on any atom is 0.244 e. The summed E-state index contributed by atoms with van der Waals surface area (Å²) in [4.78, 5) is 13.0. The Morgan fingerprint density at radius 2 is 1.73 bits per heavy atom. The summed E-state index contributed by atoms with van der Waals surface area (Å²) in [5.41, 5.74) is 4.97. The van der Waals surface area contributed by atoms with Gasteiger partial charge in [0.05, 0.1) is 18.0 Å². The highest BCUT2D eigenvalue weighted by atomic mass is 35.5. The molecule has 0 aliphatic heterocycles. The summed E-state index contributed by atoms with van der Waals surface area (Å²) in [5.74, 6) is -0.359. The largest absolute Gasteiger partial charge is 0.348 e. The summed E-state index contributed by atoms with van der Waals surface area (Å²) < 4.78 is 26.1. The second kappa shape index (κ2) is 8.98. The van der Waals surface area contributed by atoms with Crippen molar-refractivity contribution in [2.24, 2.45) is 0 Å². The van der Waals surface area contributed by atoms with E-state index in [2.05, 4.69) is 17.4 Å². The fourth-order valence-corrected chi connectivity index (χ4v) is 5.31. The average Bonchev–Trinajstić information content (AvgIpc) is 2.69. The first-order chi connectivity index (χ1) is 14.1. The van der Waals surface area contributed by atoms with Crippen molar-refractivity contribution in [3.8, 4) is 0 Å². The lowest BCUT2D eigenvalue weighted by Crippen LogP contribution is -2.48. The number of rotatable bonds is 6. The number of nitrogens with one attached hydrogen (secondary N) is 1. The van der Waals surface area contributed by atoms with E-state index in [1.165, 1.54) is 24.0 Å². The number of carbonyl (C=O) groups is 1. The van der Waals surface area contributed by atoms with Gasteiger partial charge in [0, 0.05) is 5.02 Å². The third-order valence-corrected chi connectivity index (χ3v) is 7.38. The first-order valence-electron chi connectivity index (χ1n) is 10.3. The third-order valence-electron chi connectivity index (χ3n) is 5.73. The van der Waals surface area contributed by atoms with E-state index in [1.807, 2.05) is 19.9 Å². The predicted molar refractivity (Wildman–Crippen MR) is 123 cm³/mol. The van der Waals surface area contributed by atoms with Crippen molar-refractivity contribution in [2.75, 3.05) is 10.6 Å². The van der Waals surface area contributed by atoms with Gasteiger partial charge in [0.15, 0.2) is 0 Å².